The van der Waals surface area contributed by atoms with Crippen LogP contribution in [-0.4, -0.2) is 23.5 Å². The fourth-order valence-electron chi connectivity index (χ4n) is 1.32. The highest BCUT2D eigenvalue weighted by Crippen LogP contribution is 2.20. The summed E-state index contributed by atoms with van der Waals surface area (Å²) >= 11 is 4.84. The fourth-order valence-corrected chi connectivity index (χ4v) is 2.43. The molecule has 0 aliphatic rings. The molecule has 0 fully saturated rings. The van der Waals surface area contributed by atoms with Crippen molar-refractivity contribution in [1.82, 2.24) is 5.32 Å². The molecule has 1 aromatic rings. The fraction of sp³-hybridized carbons (Fsp3) is 0.417. The summed E-state index contributed by atoms with van der Waals surface area (Å²) in [6.45, 7) is 4.01. The minimum Gasteiger partial charge on any atom is -0.349 e. The molecular formula is C12H15BrFNOS. The van der Waals surface area contributed by atoms with E-state index in [1.165, 1.54) is 12.1 Å². The van der Waals surface area contributed by atoms with Gasteiger partial charge >= 0.3 is 0 Å². The van der Waals surface area contributed by atoms with Crippen LogP contribution in [0.1, 0.15) is 24.2 Å². The monoisotopic (exact) mass is 319 g/mol. The molecule has 0 aromatic heterocycles. The molecule has 0 spiro atoms. The van der Waals surface area contributed by atoms with Crippen molar-refractivity contribution in [3.63, 3.8) is 0 Å². The number of hydrogen-bond donors (Lipinski definition) is 1. The molecule has 0 aliphatic heterocycles. The molecule has 1 aromatic carbocycles. The molecule has 0 heterocycles. The maximum Gasteiger partial charge on any atom is 0.252 e. The van der Waals surface area contributed by atoms with Gasteiger partial charge in [-0.2, -0.15) is 11.8 Å². The van der Waals surface area contributed by atoms with Gasteiger partial charge in [0.15, 0.2) is 0 Å². The molecule has 2 nitrogen and oxygen atoms in total. The van der Waals surface area contributed by atoms with Crippen LogP contribution in [0.2, 0.25) is 0 Å². The molecule has 1 N–H and O–H groups in total. The van der Waals surface area contributed by atoms with Crippen molar-refractivity contribution in [2.75, 3.05) is 11.5 Å². The second-order valence-electron chi connectivity index (χ2n) is 3.64. The average Bonchev–Trinajstić information content (AvgIpc) is 2.29. The second kappa shape index (κ2) is 7.01. The zero-order valence-corrected chi connectivity index (χ0v) is 12.2. The van der Waals surface area contributed by atoms with Crippen molar-refractivity contribution in [3.05, 3.63) is 34.1 Å². The van der Waals surface area contributed by atoms with E-state index in [9.17, 15) is 9.18 Å². The topological polar surface area (TPSA) is 29.1 Å². The number of carbonyl (C=O) groups excluding carboxylic acids is 1. The van der Waals surface area contributed by atoms with Crippen LogP contribution in [0.25, 0.3) is 0 Å². The Kier molecular flexibility index (Phi) is 5.98. The van der Waals surface area contributed by atoms with Crippen molar-refractivity contribution in [1.29, 1.82) is 0 Å². The summed E-state index contributed by atoms with van der Waals surface area (Å²) in [5.41, 5.74) is 0.332. The zero-order chi connectivity index (χ0) is 12.8. The lowest BCUT2D eigenvalue weighted by molar-refractivity contribution is 0.0942. The molecule has 0 bridgehead atoms. The van der Waals surface area contributed by atoms with Crippen molar-refractivity contribution in [2.45, 2.75) is 19.9 Å². The van der Waals surface area contributed by atoms with E-state index in [1.54, 1.807) is 17.8 Å². The normalized spacial score (nSPS) is 12.2. The summed E-state index contributed by atoms with van der Waals surface area (Å²) in [5, 5.41) is 2.84. The van der Waals surface area contributed by atoms with E-state index in [2.05, 4.69) is 28.2 Å². The van der Waals surface area contributed by atoms with Crippen LogP contribution in [-0.2, 0) is 0 Å². The molecular weight excluding hydrogens is 305 g/mol. The lowest BCUT2D eigenvalue weighted by atomic mass is 10.2. The van der Waals surface area contributed by atoms with Gasteiger partial charge in [-0.25, -0.2) is 4.39 Å². The van der Waals surface area contributed by atoms with E-state index in [-0.39, 0.29) is 16.4 Å². The van der Waals surface area contributed by atoms with E-state index >= 15 is 0 Å². The number of halogens is 2. The van der Waals surface area contributed by atoms with Gasteiger partial charge < -0.3 is 5.32 Å². The molecule has 0 aliphatic carbocycles. The van der Waals surface area contributed by atoms with Gasteiger partial charge in [0.2, 0.25) is 0 Å². The molecule has 1 rings (SSSR count). The Balaban J connectivity index is 2.67. The first-order valence-corrected chi connectivity index (χ1v) is 7.33. The number of rotatable bonds is 5. The van der Waals surface area contributed by atoms with Crippen LogP contribution < -0.4 is 5.32 Å². The lowest BCUT2D eigenvalue weighted by Gasteiger charge is -2.13. The van der Waals surface area contributed by atoms with Gasteiger partial charge in [-0.1, -0.05) is 13.0 Å². The minimum absolute atomic E-state index is 0.0719. The molecule has 5 heteroatoms. The Morgan fingerprint density at radius 3 is 2.94 bits per heavy atom. The second-order valence-corrected chi connectivity index (χ2v) is 5.75. The third-order valence-corrected chi connectivity index (χ3v) is 4.10. The highest BCUT2D eigenvalue weighted by Gasteiger charge is 2.14. The van der Waals surface area contributed by atoms with Gasteiger partial charge in [-0.3, -0.25) is 4.79 Å². The number of hydrogen-bond acceptors (Lipinski definition) is 2. The zero-order valence-electron chi connectivity index (χ0n) is 9.80. The molecule has 1 atom stereocenters. The van der Waals surface area contributed by atoms with Crippen molar-refractivity contribution >= 4 is 33.6 Å². The van der Waals surface area contributed by atoms with Crippen LogP contribution in [0.4, 0.5) is 4.39 Å². The Morgan fingerprint density at radius 1 is 1.59 bits per heavy atom. The van der Waals surface area contributed by atoms with Gasteiger partial charge in [0, 0.05) is 11.8 Å². The van der Waals surface area contributed by atoms with Gasteiger partial charge in [-0.05, 0) is 40.7 Å². The lowest BCUT2D eigenvalue weighted by Crippen LogP contribution is -2.34. The molecule has 94 valence electrons. The Labute approximate surface area is 113 Å². The number of benzene rings is 1. The SMILES string of the molecule is CCSCC(C)NC(=O)c1cccc(F)c1Br. The van der Waals surface area contributed by atoms with Crippen molar-refractivity contribution in [3.8, 4) is 0 Å². The van der Waals surface area contributed by atoms with E-state index in [4.69, 9.17) is 0 Å². The molecule has 0 radical (unpaired) electrons. The average molecular weight is 320 g/mol. The summed E-state index contributed by atoms with van der Waals surface area (Å²) in [4.78, 5) is 11.9. The van der Waals surface area contributed by atoms with Gasteiger partial charge in [0.25, 0.3) is 5.91 Å². The van der Waals surface area contributed by atoms with Crippen LogP contribution in [0.3, 0.4) is 0 Å². The van der Waals surface area contributed by atoms with Gasteiger partial charge in [-0.15, -0.1) is 0 Å². The Morgan fingerprint density at radius 2 is 2.29 bits per heavy atom. The summed E-state index contributed by atoms with van der Waals surface area (Å²) in [6, 6.07) is 4.52. The van der Waals surface area contributed by atoms with E-state index in [1.807, 2.05) is 6.92 Å². The number of nitrogens with one attached hydrogen (secondary N) is 1. The highest BCUT2D eigenvalue weighted by molar-refractivity contribution is 9.10. The number of thioether (sulfide) groups is 1. The summed E-state index contributed by atoms with van der Waals surface area (Å²) < 4.78 is 13.5. The predicted octanol–water partition coefficient (Wildman–Crippen LogP) is 3.46. The number of carbonyl (C=O) groups is 1. The first-order chi connectivity index (χ1) is 8.06. The summed E-state index contributed by atoms with van der Waals surface area (Å²) in [5.74, 6) is 1.20. The van der Waals surface area contributed by atoms with Crippen molar-refractivity contribution < 1.29 is 9.18 Å². The maximum atomic E-state index is 13.2. The minimum atomic E-state index is -0.423. The van der Waals surface area contributed by atoms with Crippen molar-refractivity contribution in [2.24, 2.45) is 0 Å². The van der Waals surface area contributed by atoms with Crippen LogP contribution in [0, 0.1) is 5.82 Å². The quantitative estimate of drug-likeness (QED) is 0.900. The molecule has 17 heavy (non-hydrogen) atoms. The molecule has 1 amide bonds. The third-order valence-electron chi connectivity index (χ3n) is 2.15. The Bertz CT molecular complexity index is 400. The first-order valence-electron chi connectivity index (χ1n) is 5.38. The predicted molar refractivity (Wildman–Crippen MR) is 74.0 cm³/mol. The van der Waals surface area contributed by atoms with Gasteiger partial charge in [0.05, 0.1) is 10.0 Å². The van der Waals surface area contributed by atoms with Gasteiger partial charge in [0.1, 0.15) is 5.82 Å². The van der Waals surface area contributed by atoms with E-state index in [0.29, 0.717) is 5.56 Å². The van der Waals surface area contributed by atoms with Crippen LogP contribution in [0.15, 0.2) is 22.7 Å². The standard InChI is InChI=1S/C12H15BrFNOS/c1-3-17-7-8(2)15-12(16)9-5-4-6-10(14)11(9)13/h4-6,8H,3,7H2,1-2H3,(H,15,16). The summed E-state index contributed by atoms with van der Waals surface area (Å²) in [7, 11) is 0. The largest absolute Gasteiger partial charge is 0.349 e. The Hall–Kier alpha value is -0.550. The first kappa shape index (κ1) is 14.5. The summed E-state index contributed by atoms with van der Waals surface area (Å²) in [6.07, 6.45) is 0. The highest BCUT2D eigenvalue weighted by atomic mass is 79.9. The maximum absolute atomic E-state index is 13.2. The van der Waals surface area contributed by atoms with E-state index < -0.39 is 5.82 Å². The number of amides is 1. The third kappa shape index (κ3) is 4.32. The smallest absolute Gasteiger partial charge is 0.252 e. The van der Waals surface area contributed by atoms with E-state index in [0.717, 1.165) is 11.5 Å². The molecule has 0 saturated carbocycles. The van der Waals surface area contributed by atoms with Crippen LogP contribution >= 0.6 is 27.7 Å². The molecule has 0 saturated heterocycles. The molecule has 1 unspecified atom stereocenters. The van der Waals surface area contributed by atoms with Crippen LogP contribution in [0.5, 0.6) is 0 Å².